The Morgan fingerprint density at radius 1 is 1.05 bits per heavy atom. The highest BCUT2D eigenvalue weighted by Crippen LogP contribution is 2.42. The summed E-state index contributed by atoms with van der Waals surface area (Å²) in [4.78, 5) is 27.0. The molecular formula is C28H32N4O5S. The number of fused-ring (bicyclic) bond motifs is 1. The van der Waals surface area contributed by atoms with Crippen molar-refractivity contribution in [2.24, 2.45) is 0 Å². The molecule has 1 aromatic carbocycles. The molecule has 0 bridgehead atoms. The molecule has 1 atom stereocenters. The Morgan fingerprint density at radius 3 is 2.32 bits per heavy atom. The molecule has 1 amide bonds. The molecule has 0 saturated heterocycles. The van der Waals surface area contributed by atoms with Crippen molar-refractivity contribution in [1.29, 1.82) is 0 Å². The first kappa shape index (κ1) is 27.3. The molecule has 38 heavy (non-hydrogen) atoms. The highest BCUT2D eigenvalue weighted by molar-refractivity contribution is 7.91. The predicted molar refractivity (Wildman–Crippen MR) is 144 cm³/mol. The Kier molecular flexibility index (Phi) is 7.31. The fourth-order valence-corrected chi connectivity index (χ4v) is 6.61. The van der Waals surface area contributed by atoms with Gasteiger partial charge in [0.2, 0.25) is 15.7 Å². The molecule has 2 N–H and O–H groups in total. The van der Waals surface area contributed by atoms with Gasteiger partial charge in [-0.1, -0.05) is 18.2 Å². The lowest BCUT2D eigenvalue weighted by atomic mass is 9.88. The number of sulfone groups is 1. The van der Waals surface area contributed by atoms with E-state index in [1.165, 1.54) is 50.8 Å². The Balaban J connectivity index is 2.04. The van der Waals surface area contributed by atoms with Crippen LogP contribution < -0.4 is 4.74 Å². The average Bonchev–Trinajstić information content (AvgIpc) is 3.29. The van der Waals surface area contributed by atoms with Crippen molar-refractivity contribution in [3.8, 4) is 5.88 Å². The summed E-state index contributed by atoms with van der Waals surface area (Å²) >= 11 is 0. The molecule has 10 heteroatoms. The van der Waals surface area contributed by atoms with Gasteiger partial charge in [-0.25, -0.2) is 13.4 Å². The van der Waals surface area contributed by atoms with Crippen molar-refractivity contribution < 1.29 is 23.1 Å². The SMILES string of the molecule is COc1nccc(C(C)(O)c2[nH]c3ccncc3c2S(=O)(=O)c2ccccc2)c1C(=O)N(C(C)C)C(C)C. The van der Waals surface area contributed by atoms with Gasteiger partial charge in [0.25, 0.3) is 5.91 Å². The summed E-state index contributed by atoms with van der Waals surface area (Å²) in [5.41, 5.74) is -1.28. The van der Waals surface area contributed by atoms with E-state index in [4.69, 9.17) is 4.74 Å². The maximum absolute atomic E-state index is 14.0. The van der Waals surface area contributed by atoms with Gasteiger partial charge in [-0.15, -0.1) is 0 Å². The number of carbonyl (C=O) groups excluding carboxylic acids is 1. The molecule has 0 fully saturated rings. The Labute approximate surface area is 222 Å². The summed E-state index contributed by atoms with van der Waals surface area (Å²) < 4.78 is 33.4. The number of aromatic nitrogens is 3. The van der Waals surface area contributed by atoms with Crippen LogP contribution in [0, 0.1) is 0 Å². The minimum atomic E-state index is -4.11. The molecule has 200 valence electrons. The number of methoxy groups -OCH3 is 1. The molecule has 0 spiro atoms. The first-order chi connectivity index (χ1) is 17.9. The summed E-state index contributed by atoms with van der Waals surface area (Å²) in [6.07, 6.45) is 4.40. The van der Waals surface area contributed by atoms with Gasteiger partial charge in [0.1, 0.15) is 16.1 Å². The van der Waals surface area contributed by atoms with E-state index in [0.29, 0.717) is 10.9 Å². The zero-order valence-corrected chi connectivity index (χ0v) is 23.1. The monoisotopic (exact) mass is 536 g/mol. The normalized spacial score (nSPS) is 13.6. The number of ether oxygens (including phenoxy) is 1. The predicted octanol–water partition coefficient (Wildman–Crippen LogP) is 4.31. The Hall–Kier alpha value is -3.76. The minimum absolute atomic E-state index is 0.00676. The lowest BCUT2D eigenvalue weighted by Crippen LogP contribution is -2.43. The van der Waals surface area contributed by atoms with E-state index in [1.54, 1.807) is 29.2 Å². The van der Waals surface area contributed by atoms with E-state index < -0.39 is 15.4 Å². The summed E-state index contributed by atoms with van der Waals surface area (Å²) in [5.74, 6) is -0.357. The van der Waals surface area contributed by atoms with Crippen molar-refractivity contribution >= 4 is 26.6 Å². The Bertz CT molecular complexity index is 1570. The number of nitrogens with zero attached hydrogens (tertiary/aromatic N) is 3. The van der Waals surface area contributed by atoms with Crippen LogP contribution in [0.2, 0.25) is 0 Å². The number of aliphatic hydroxyl groups is 1. The van der Waals surface area contributed by atoms with Crippen LogP contribution in [0.4, 0.5) is 0 Å². The second-order valence-corrected chi connectivity index (χ2v) is 11.7. The number of hydrogen-bond acceptors (Lipinski definition) is 7. The number of benzene rings is 1. The molecule has 0 aliphatic carbocycles. The number of amides is 1. The van der Waals surface area contributed by atoms with Gasteiger partial charge >= 0.3 is 0 Å². The van der Waals surface area contributed by atoms with Crippen molar-refractivity contribution in [3.05, 3.63) is 77.9 Å². The van der Waals surface area contributed by atoms with Crippen LogP contribution in [0.15, 0.2) is 70.8 Å². The van der Waals surface area contributed by atoms with E-state index in [9.17, 15) is 18.3 Å². The van der Waals surface area contributed by atoms with Crippen LogP contribution in [0.25, 0.3) is 10.9 Å². The van der Waals surface area contributed by atoms with E-state index in [1.807, 2.05) is 27.7 Å². The highest BCUT2D eigenvalue weighted by Gasteiger charge is 2.41. The molecular weight excluding hydrogens is 504 g/mol. The Morgan fingerprint density at radius 2 is 1.71 bits per heavy atom. The second-order valence-electron chi connectivity index (χ2n) is 9.78. The molecule has 1 unspecified atom stereocenters. The fourth-order valence-electron chi connectivity index (χ4n) is 4.89. The van der Waals surface area contributed by atoms with Crippen molar-refractivity contribution in [3.63, 3.8) is 0 Å². The van der Waals surface area contributed by atoms with E-state index >= 15 is 0 Å². The molecule has 4 rings (SSSR count). The number of carbonyl (C=O) groups is 1. The lowest BCUT2D eigenvalue weighted by molar-refractivity contribution is 0.0609. The molecule has 0 saturated carbocycles. The largest absolute Gasteiger partial charge is 0.480 e. The lowest BCUT2D eigenvalue weighted by Gasteiger charge is -2.33. The second kappa shape index (κ2) is 10.2. The fraction of sp³-hybridized carbons (Fsp3) is 0.321. The first-order valence-corrected chi connectivity index (χ1v) is 13.8. The van der Waals surface area contributed by atoms with Crippen LogP contribution in [-0.2, 0) is 15.4 Å². The van der Waals surface area contributed by atoms with Crippen LogP contribution in [0.1, 0.15) is 56.2 Å². The summed E-state index contributed by atoms with van der Waals surface area (Å²) in [6.45, 7) is 9.04. The maximum atomic E-state index is 14.0. The number of pyridine rings is 2. The smallest absolute Gasteiger partial charge is 0.260 e. The van der Waals surface area contributed by atoms with E-state index in [-0.39, 0.29) is 50.5 Å². The summed E-state index contributed by atoms with van der Waals surface area (Å²) in [7, 11) is -2.71. The number of H-pyrrole nitrogens is 1. The molecule has 9 nitrogen and oxygen atoms in total. The van der Waals surface area contributed by atoms with Gasteiger partial charge in [0, 0.05) is 41.6 Å². The summed E-state index contributed by atoms with van der Waals surface area (Å²) in [6, 6.07) is 10.8. The third kappa shape index (κ3) is 4.54. The van der Waals surface area contributed by atoms with Gasteiger partial charge in [0.05, 0.1) is 23.2 Å². The van der Waals surface area contributed by atoms with Crippen LogP contribution in [-0.4, -0.2) is 58.5 Å². The number of aromatic amines is 1. The summed E-state index contributed by atoms with van der Waals surface area (Å²) in [5, 5.41) is 12.5. The van der Waals surface area contributed by atoms with Crippen molar-refractivity contribution in [2.75, 3.05) is 7.11 Å². The maximum Gasteiger partial charge on any atom is 0.260 e. The molecule has 4 aromatic rings. The van der Waals surface area contributed by atoms with E-state index in [0.717, 1.165) is 0 Å². The zero-order valence-electron chi connectivity index (χ0n) is 22.3. The highest BCUT2D eigenvalue weighted by atomic mass is 32.2. The van der Waals surface area contributed by atoms with Gasteiger partial charge in [-0.2, -0.15) is 0 Å². The van der Waals surface area contributed by atoms with Gasteiger partial charge in [-0.3, -0.25) is 9.78 Å². The van der Waals surface area contributed by atoms with Gasteiger partial charge in [-0.05, 0) is 58.9 Å². The van der Waals surface area contributed by atoms with Crippen LogP contribution in [0.3, 0.4) is 0 Å². The third-order valence-corrected chi connectivity index (χ3v) is 8.41. The van der Waals surface area contributed by atoms with Crippen LogP contribution in [0.5, 0.6) is 5.88 Å². The molecule has 3 aromatic heterocycles. The van der Waals surface area contributed by atoms with Gasteiger partial charge in [0.15, 0.2) is 0 Å². The molecule has 3 heterocycles. The zero-order chi connectivity index (χ0) is 27.8. The average molecular weight is 537 g/mol. The van der Waals surface area contributed by atoms with Gasteiger partial charge < -0.3 is 19.7 Å². The third-order valence-electron chi connectivity index (χ3n) is 6.56. The molecule has 0 radical (unpaired) electrons. The van der Waals surface area contributed by atoms with E-state index in [2.05, 4.69) is 15.0 Å². The number of nitrogens with one attached hydrogen (secondary N) is 1. The molecule has 0 aliphatic rings. The van der Waals surface area contributed by atoms with Crippen molar-refractivity contribution in [2.45, 2.75) is 62.1 Å². The van der Waals surface area contributed by atoms with Crippen molar-refractivity contribution in [1.82, 2.24) is 19.9 Å². The number of hydrogen-bond donors (Lipinski definition) is 2. The molecule has 0 aliphatic heterocycles. The standard InChI is InChI=1S/C28H32N4O5S/c1-17(2)32(18(3)4)27(33)23-21(12-15-30-26(23)37-6)28(5,34)25-24(20-16-29-14-13-22(20)31-25)38(35,36)19-10-8-7-9-11-19/h7-18,31,34H,1-6H3. The minimum Gasteiger partial charge on any atom is -0.480 e. The topological polar surface area (TPSA) is 125 Å². The van der Waals surface area contributed by atoms with Crippen LogP contribution >= 0.6 is 0 Å². The first-order valence-electron chi connectivity index (χ1n) is 12.3. The number of rotatable bonds is 8. The quantitative estimate of drug-likeness (QED) is 0.344.